The zero-order valence-electron chi connectivity index (χ0n) is 19.3. The van der Waals surface area contributed by atoms with Crippen LogP contribution < -0.4 is 0 Å². The molecule has 2 aromatic carbocycles. The van der Waals surface area contributed by atoms with Crippen molar-refractivity contribution in [1.29, 1.82) is 0 Å². The molecule has 1 aliphatic heterocycles. The summed E-state index contributed by atoms with van der Waals surface area (Å²) in [7, 11) is 0. The standard InChI is InChI=1S/C27H23N5O3/c1-2-35-27(34)16-9-13-32(14-10-16)26(33)17-7-8-20-21(15-17)31-25-19-6-4-12-29-23(19)22-18(24(25)30-20)5-3-11-28-22/h3-8,11-12,15-16H,2,9-10,13-14H2,1H3. The summed E-state index contributed by atoms with van der Waals surface area (Å²) in [6.07, 6.45) is 4.73. The lowest BCUT2D eigenvalue weighted by atomic mass is 9.96. The third kappa shape index (κ3) is 3.62. The van der Waals surface area contributed by atoms with Crippen molar-refractivity contribution in [1.82, 2.24) is 24.8 Å². The van der Waals surface area contributed by atoms with Gasteiger partial charge in [-0.3, -0.25) is 19.6 Å². The molecule has 0 unspecified atom stereocenters. The van der Waals surface area contributed by atoms with E-state index in [-0.39, 0.29) is 17.8 Å². The van der Waals surface area contributed by atoms with Gasteiger partial charge in [0.05, 0.1) is 45.6 Å². The molecular weight excluding hydrogens is 442 g/mol. The summed E-state index contributed by atoms with van der Waals surface area (Å²) >= 11 is 0. The highest BCUT2D eigenvalue weighted by molar-refractivity contribution is 6.21. The summed E-state index contributed by atoms with van der Waals surface area (Å²) in [4.78, 5) is 46.0. The first-order chi connectivity index (χ1) is 17.1. The second kappa shape index (κ2) is 8.54. The van der Waals surface area contributed by atoms with Crippen LogP contribution in [0.3, 0.4) is 0 Å². The van der Waals surface area contributed by atoms with Gasteiger partial charge in [0, 0.05) is 41.8 Å². The number of carbonyl (C=O) groups excluding carboxylic acids is 2. The molecule has 8 heteroatoms. The summed E-state index contributed by atoms with van der Waals surface area (Å²) in [6, 6.07) is 13.2. The summed E-state index contributed by atoms with van der Waals surface area (Å²) < 4.78 is 5.14. The first kappa shape index (κ1) is 21.3. The van der Waals surface area contributed by atoms with Crippen LogP contribution in [0, 0.1) is 5.92 Å². The van der Waals surface area contributed by atoms with Gasteiger partial charge >= 0.3 is 5.97 Å². The fraction of sp³-hybridized carbons (Fsp3) is 0.259. The second-order valence-corrected chi connectivity index (χ2v) is 8.74. The molecule has 5 aromatic rings. The van der Waals surface area contributed by atoms with Crippen LogP contribution in [0.5, 0.6) is 0 Å². The molecule has 0 aliphatic carbocycles. The fourth-order valence-corrected chi connectivity index (χ4v) is 4.89. The van der Waals surface area contributed by atoms with Gasteiger partial charge in [-0.2, -0.15) is 0 Å². The minimum absolute atomic E-state index is 0.0645. The molecule has 1 saturated heterocycles. The molecule has 0 radical (unpaired) electrons. The molecule has 1 aliphatic rings. The molecule has 1 fully saturated rings. The van der Waals surface area contributed by atoms with E-state index >= 15 is 0 Å². The number of nitrogens with zero attached hydrogens (tertiary/aromatic N) is 5. The number of hydrogen-bond acceptors (Lipinski definition) is 7. The van der Waals surface area contributed by atoms with Gasteiger partial charge in [-0.1, -0.05) is 0 Å². The van der Waals surface area contributed by atoms with Crippen LogP contribution >= 0.6 is 0 Å². The first-order valence-corrected chi connectivity index (χ1v) is 11.8. The number of piperidine rings is 1. The Morgan fingerprint density at radius 1 is 0.886 bits per heavy atom. The lowest BCUT2D eigenvalue weighted by molar-refractivity contribution is -0.149. The van der Waals surface area contributed by atoms with E-state index in [1.807, 2.05) is 30.3 Å². The van der Waals surface area contributed by atoms with Gasteiger partial charge in [0.2, 0.25) is 0 Å². The number of likely N-dealkylation sites (tertiary alicyclic amines) is 1. The van der Waals surface area contributed by atoms with E-state index in [2.05, 4.69) is 9.97 Å². The van der Waals surface area contributed by atoms with Gasteiger partial charge in [0.25, 0.3) is 5.91 Å². The molecule has 0 saturated carbocycles. The summed E-state index contributed by atoms with van der Waals surface area (Å²) in [5.41, 5.74) is 5.00. The Labute approximate surface area is 201 Å². The van der Waals surface area contributed by atoms with E-state index in [4.69, 9.17) is 14.7 Å². The van der Waals surface area contributed by atoms with Gasteiger partial charge in [-0.25, -0.2) is 9.97 Å². The molecule has 4 heterocycles. The Balaban J connectivity index is 1.39. The van der Waals surface area contributed by atoms with E-state index < -0.39 is 0 Å². The third-order valence-corrected chi connectivity index (χ3v) is 6.66. The summed E-state index contributed by atoms with van der Waals surface area (Å²) in [5, 5.41) is 1.77. The largest absolute Gasteiger partial charge is 0.466 e. The van der Waals surface area contributed by atoms with Crippen LogP contribution in [-0.4, -0.2) is 56.4 Å². The fourth-order valence-electron chi connectivity index (χ4n) is 4.89. The first-order valence-electron chi connectivity index (χ1n) is 11.8. The smallest absolute Gasteiger partial charge is 0.309 e. The molecule has 3 aromatic heterocycles. The zero-order chi connectivity index (χ0) is 23.9. The number of aromatic nitrogens is 4. The van der Waals surface area contributed by atoms with Gasteiger partial charge in [0.1, 0.15) is 0 Å². The number of hydrogen-bond donors (Lipinski definition) is 0. The summed E-state index contributed by atoms with van der Waals surface area (Å²) in [5.74, 6) is -0.374. The Hall–Kier alpha value is -4.20. The minimum atomic E-state index is -0.170. The van der Waals surface area contributed by atoms with E-state index in [0.717, 1.165) is 32.8 Å². The average Bonchev–Trinajstić information content (AvgIpc) is 2.92. The van der Waals surface area contributed by atoms with Crippen molar-refractivity contribution in [2.45, 2.75) is 19.8 Å². The number of rotatable bonds is 3. The van der Waals surface area contributed by atoms with Gasteiger partial charge < -0.3 is 9.64 Å². The van der Waals surface area contributed by atoms with Crippen molar-refractivity contribution in [3.63, 3.8) is 0 Å². The molecule has 8 nitrogen and oxygen atoms in total. The van der Waals surface area contributed by atoms with Crippen molar-refractivity contribution in [2.75, 3.05) is 19.7 Å². The van der Waals surface area contributed by atoms with Crippen molar-refractivity contribution in [3.05, 3.63) is 60.4 Å². The van der Waals surface area contributed by atoms with E-state index in [0.29, 0.717) is 49.1 Å². The van der Waals surface area contributed by atoms with E-state index in [1.165, 1.54) is 0 Å². The maximum Gasteiger partial charge on any atom is 0.309 e. The Morgan fingerprint density at radius 2 is 1.51 bits per heavy atom. The van der Waals surface area contributed by atoms with Gasteiger partial charge in [-0.05, 0) is 62.2 Å². The predicted molar refractivity (Wildman–Crippen MR) is 133 cm³/mol. The monoisotopic (exact) mass is 465 g/mol. The third-order valence-electron chi connectivity index (χ3n) is 6.66. The molecule has 35 heavy (non-hydrogen) atoms. The predicted octanol–water partition coefficient (Wildman–Crippen LogP) is 4.29. The highest BCUT2D eigenvalue weighted by Gasteiger charge is 2.28. The molecule has 1 amide bonds. The van der Waals surface area contributed by atoms with Gasteiger partial charge in [-0.15, -0.1) is 0 Å². The Kier molecular flexibility index (Phi) is 5.21. The number of ether oxygens (including phenoxy) is 1. The van der Waals surface area contributed by atoms with Crippen LogP contribution in [0.25, 0.3) is 43.9 Å². The molecular formula is C27H23N5O3. The number of esters is 1. The van der Waals surface area contributed by atoms with Crippen LogP contribution in [0.1, 0.15) is 30.1 Å². The van der Waals surface area contributed by atoms with Crippen molar-refractivity contribution >= 4 is 55.7 Å². The Morgan fingerprint density at radius 3 is 2.14 bits per heavy atom. The highest BCUT2D eigenvalue weighted by atomic mass is 16.5. The molecule has 6 rings (SSSR count). The average molecular weight is 466 g/mol. The van der Waals surface area contributed by atoms with Crippen molar-refractivity contribution in [3.8, 4) is 0 Å². The SMILES string of the molecule is CCOC(=O)C1CCN(C(=O)c2ccc3nc4c5cccnc5c5ncccc5c4nc3c2)CC1. The maximum atomic E-state index is 13.2. The number of carbonyl (C=O) groups is 2. The summed E-state index contributed by atoms with van der Waals surface area (Å²) in [6.45, 7) is 3.24. The lowest BCUT2D eigenvalue weighted by Gasteiger charge is -2.31. The number of benzene rings is 2. The normalized spacial score (nSPS) is 14.7. The minimum Gasteiger partial charge on any atom is -0.466 e. The molecule has 0 spiro atoms. The zero-order valence-corrected chi connectivity index (χ0v) is 19.3. The number of amides is 1. The van der Waals surface area contributed by atoms with Crippen LogP contribution in [-0.2, 0) is 9.53 Å². The second-order valence-electron chi connectivity index (χ2n) is 8.74. The number of fused-ring (bicyclic) bond motifs is 7. The van der Waals surface area contributed by atoms with E-state index in [1.54, 1.807) is 36.4 Å². The van der Waals surface area contributed by atoms with Gasteiger partial charge in [0.15, 0.2) is 0 Å². The Bertz CT molecular complexity index is 1630. The van der Waals surface area contributed by atoms with Crippen molar-refractivity contribution < 1.29 is 14.3 Å². The van der Waals surface area contributed by atoms with Crippen LogP contribution in [0.2, 0.25) is 0 Å². The quantitative estimate of drug-likeness (QED) is 0.223. The lowest BCUT2D eigenvalue weighted by Crippen LogP contribution is -2.40. The highest BCUT2D eigenvalue weighted by Crippen LogP contribution is 2.32. The maximum absolute atomic E-state index is 13.2. The molecule has 0 atom stereocenters. The number of pyridine rings is 2. The van der Waals surface area contributed by atoms with Crippen molar-refractivity contribution in [2.24, 2.45) is 5.92 Å². The van der Waals surface area contributed by atoms with Crippen LogP contribution in [0.15, 0.2) is 54.9 Å². The molecule has 0 N–H and O–H groups in total. The van der Waals surface area contributed by atoms with E-state index in [9.17, 15) is 9.59 Å². The molecule has 0 bridgehead atoms. The molecule has 174 valence electrons. The van der Waals surface area contributed by atoms with Crippen LogP contribution in [0.4, 0.5) is 0 Å². The topological polar surface area (TPSA) is 98.2 Å².